The van der Waals surface area contributed by atoms with E-state index in [0.717, 1.165) is 6.42 Å². The van der Waals surface area contributed by atoms with Gasteiger partial charge in [-0.05, 0) is 24.5 Å². The Hall–Kier alpha value is -0.690. The number of rotatable bonds is 8. The van der Waals surface area contributed by atoms with Crippen LogP contribution in [0.2, 0.25) is 5.15 Å². The third-order valence-electron chi connectivity index (χ3n) is 2.39. The first-order chi connectivity index (χ1) is 8.92. The van der Waals surface area contributed by atoms with Gasteiger partial charge in [0.15, 0.2) is 0 Å². The minimum absolute atomic E-state index is 0.0964. The lowest BCUT2D eigenvalue weighted by molar-refractivity contribution is 0.128. The summed E-state index contributed by atoms with van der Waals surface area (Å²) in [5.41, 5.74) is 0. The van der Waals surface area contributed by atoms with E-state index in [4.69, 9.17) is 16.3 Å². The average Bonchev–Trinajstić information content (AvgIpc) is 2.34. The molecule has 0 radical (unpaired) electrons. The number of sulfonamides is 1. The number of hydrogen-bond donors (Lipinski definition) is 1. The molecule has 7 heteroatoms. The quantitative estimate of drug-likeness (QED) is 0.590. The highest BCUT2D eigenvalue weighted by Crippen LogP contribution is 2.10. The van der Waals surface area contributed by atoms with E-state index in [-0.39, 0.29) is 16.6 Å². The fourth-order valence-corrected chi connectivity index (χ4v) is 2.34. The Morgan fingerprint density at radius 1 is 1.37 bits per heavy atom. The van der Waals surface area contributed by atoms with Gasteiger partial charge in [0.2, 0.25) is 10.0 Å². The highest BCUT2D eigenvalue weighted by atomic mass is 35.5. The highest BCUT2D eigenvalue weighted by Gasteiger charge is 2.13. The lowest BCUT2D eigenvalue weighted by Gasteiger charge is -2.08. The van der Waals surface area contributed by atoms with E-state index in [9.17, 15) is 8.42 Å². The van der Waals surface area contributed by atoms with Crippen molar-refractivity contribution in [3.05, 3.63) is 23.5 Å². The standard InChI is InChI=1S/C12H19ClN2O3S/c1-10(2)5-7-18-8-6-15-19(16,17)11-3-4-12(13)14-9-11/h3-4,9-10,15H,5-8H2,1-2H3. The summed E-state index contributed by atoms with van der Waals surface area (Å²) in [5, 5.41) is 0.260. The van der Waals surface area contributed by atoms with Crippen LogP contribution >= 0.6 is 11.6 Å². The normalized spacial score (nSPS) is 12.0. The number of pyridine rings is 1. The maximum Gasteiger partial charge on any atom is 0.242 e. The van der Waals surface area contributed by atoms with Gasteiger partial charge in [0.25, 0.3) is 0 Å². The maximum absolute atomic E-state index is 11.8. The van der Waals surface area contributed by atoms with Crippen LogP contribution in [0.15, 0.2) is 23.2 Å². The number of ether oxygens (including phenoxy) is 1. The molecule has 0 bridgehead atoms. The van der Waals surface area contributed by atoms with E-state index in [1.54, 1.807) is 0 Å². The Balaban J connectivity index is 2.33. The molecule has 0 saturated carbocycles. The minimum atomic E-state index is -3.53. The SMILES string of the molecule is CC(C)CCOCCNS(=O)(=O)c1ccc(Cl)nc1. The molecule has 0 aliphatic rings. The zero-order valence-corrected chi connectivity index (χ0v) is 12.7. The van der Waals surface area contributed by atoms with Crippen LogP contribution in [0.25, 0.3) is 0 Å². The van der Waals surface area contributed by atoms with Crippen LogP contribution in [-0.4, -0.2) is 33.2 Å². The van der Waals surface area contributed by atoms with Gasteiger partial charge in [-0.3, -0.25) is 0 Å². The molecule has 5 nitrogen and oxygen atoms in total. The molecule has 0 amide bonds. The summed E-state index contributed by atoms with van der Waals surface area (Å²) in [6.07, 6.45) is 2.19. The summed E-state index contributed by atoms with van der Waals surface area (Å²) >= 11 is 5.60. The molecule has 0 spiro atoms. The number of aromatic nitrogens is 1. The summed E-state index contributed by atoms with van der Waals surface area (Å²) in [4.78, 5) is 3.83. The number of nitrogens with one attached hydrogen (secondary N) is 1. The molecule has 108 valence electrons. The molecule has 1 N–H and O–H groups in total. The molecule has 1 heterocycles. The van der Waals surface area contributed by atoms with Gasteiger partial charge in [-0.15, -0.1) is 0 Å². The predicted molar refractivity (Wildman–Crippen MR) is 74.7 cm³/mol. The molecule has 0 aliphatic carbocycles. The largest absolute Gasteiger partial charge is 0.380 e. The van der Waals surface area contributed by atoms with E-state index >= 15 is 0 Å². The molecule has 0 unspecified atom stereocenters. The monoisotopic (exact) mass is 306 g/mol. The van der Waals surface area contributed by atoms with Crippen molar-refractivity contribution >= 4 is 21.6 Å². The molecule has 1 rings (SSSR count). The maximum atomic E-state index is 11.8. The number of halogens is 1. The number of nitrogens with zero attached hydrogens (tertiary/aromatic N) is 1. The fraction of sp³-hybridized carbons (Fsp3) is 0.583. The summed E-state index contributed by atoms with van der Waals surface area (Å²) in [7, 11) is -3.53. The zero-order chi connectivity index (χ0) is 14.3. The van der Waals surface area contributed by atoms with Gasteiger partial charge in [-0.1, -0.05) is 25.4 Å². The molecule has 0 aliphatic heterocycles. The molecule has 1 aromatic rings. The second-order valence-corrected chi connectivity index (χ2v) is 6.66. The molecule has 0 saturated heterocycles. The molecule has 19 heavy (non-hydrogen) atoms. The molecule has 0 aromatic carbocycles. The van der Waals surface area contributed by atoms with E-state index in [0.29, 0.717) is 19.1 Å². The number of hydrogen-bond acceptors (Lipinski definition) is 4. The lowest BCUT2D eigenvalue weighted by atomic mass is 10.1. The smallest absolute Gasteiger partial charge is 0.242 e. The van der Waals surface area contributed by atoms with Gasteiger partial charge < -0.3 is 4.74 Å². The third-order valence-corrected chi connectivity index (χ3v) is 4.06. The van der Waals surface area contributed by atoms with Crippen molar-refractivity contribution in [1.82, 2.24) is 9.71 Å². The summed E-state index contributed by atoms with van der Waals surface area (Å²) in [5.74, 6) is 0.580. The van der Waals surface area contributed by atoms with E-state index in [1.165, 1.54) is 18.3 Å². The summed E-state index contributed by atoms with van der Waals surface area (Å²) < 4.78 is 31.4. The van der Waals surface area contributed by atoms with Crippen LogP contribution in [0.5, 0.6) is 0 Å². The summed E-state index contributed by atoms with van der Waals surface area (Å²) in [6, 6.07) is 2.85. The van der Waals surface area contributed by atoms with Crippen molar-refractivity contribution in [2.24, 2.45) is 5.92 Å². The average molecular weight is 307 g/mol. The van der Waals surface area contributed by atoms with Crippen LogP contribution in [0.4, 0.5) is 0 Å². The van der Waals surface area contributed by atoms with Crippen LogP contribution in [-0.2, 0) is 14.8 Å². The Labute approximate surface area is 119 Å². The minimum Gasteiger partial charge on any atom is -0.380 e. The van der Waals surface area contributed by atoms with Crippen LogP contribution in [0.3, 0.4) is 0 Å². The van der Waals surface area contributed by atoms with Crippen LogP contribution in [0, 0.1) is 5.92 Å². The van der Waals surface area contributed by atoms with Crippen molar-refractivity contribution in [2.75, 3.05) is 19.8 Å². The van der Waals surface area contributed by atoms with Crippen molar-refractivity contribution < 1.29 is 13.2 Å². The van der Waals surface area contributed by atoms with Gasteiger partial charge in [-0.25, -0.2) is 18.1 Å². The Morgan fingerprint density at radius 2 is 2.11 bits per heavy atom. The van der Waals surface area contributed by atoms with E-state index in [2.05, 4.69) is 23.6 Å². The van der Waals surface area contributed by atoms with Crippen molar-refractivity contribution in [1.29, 1.82) is 0 Å². The van der Waals surface area contributed by atoms with Crippen LogP contribution in [0.1, 0.15) is 20.3 Å². The second-order valence-electron chi connectivity index (χ2n) is 4.51. The first-order valence-electron chi connectivity index (χ1n) is 6.11. The zero-order valence-electron chi connectivity index (χ0n) is 11.1. The Kier molecular flexibility index (Phi) is 6.71. The predicted octanol–water partition coefficient (Wildman–Crippen LogP) is 2.08. The second kappa shape index (κ2) is 7.79. The first-order valence-corrected chi connectivity index (χ1v) is 7.97. The Bertz CT molecular complexity index is 474. The molecule has 0 fully saturated rings. The molecular formula is C12H19ClN2O3S. The van der Waals surface area contributed by atoms with Gasteiger partial charge in [0.1, 0.15) is 10.0 Å². The van der Waals surface area contributed by atoms with E-state index < -0.39 is 10.0 Å². The fourth-order valence-electron chi connectivity index (χ4n) is 1.27. The van der Waals surface area contributed by atoms with Gasteiger partial charge in [0.05, 0.1) is 6.61 Å². The molecule has 1 aromatic heterocycles. The van der Waals surface area contributed by atoms with Crippen molar-refractivity contribution in [2.45, 2.75) is 25.2 Å². The van der Waals surface area contributed by atoms with Crippen molar-refractivity contribution in [3.63, 3.8) is 0 Å². The summed E-state index contributed by atoms with van der Waals surface area (Å²) in [6.45, 7) is 5.46. The van der Waals surface area contributed by atoms with Crippen molar-refractivity contribution in [3.8, 4) is 0 Å². The van der Waals surface area contributed by atoms with E-state index in [1.807, 2.05) is 0 Å². The first kappa shape index (κ1) is 16.4. The topological polar surface area (TPSA) is 68.3 Å². The van der Waals surface area contributed by atoms with Gasteiger partial charge in [-0.2, -0.15) is 0 Å². The molecular weight excluding hydrogens is 288 g/mol. The highest BCUT2D eigenvalue weighted by molar-refractivity contribution is 7.89. The lowest BCUT2D eigenvalue weighted by Crippen LogP contribution is -2.27. The van der Waals surface area contributed by atoms with Gasteiger partial charge >= 0.3 is 0 Å². The van der Waals surface area contributed by atoms with Gasteiger partial charge in [0, 0.05) is 19.3 Å². The molecule has 0 atom stereocenters. The third kappa shape index (κ3) is 6.33. The Morgan fingerprint density at radius 3 is 2.68 bits per heavy atom. The van der Waals surface area contributed by atoms with Crippen LogP contribution < -0.4 is 4.72 Å².